The normalized spacial score (nSPS) is 23.2. The first kappa shape index (κ1) is 27.0. The van der Waals surface area contributed by atoms with E-state index in [1.54, 1.807) is 6.07 Å². The molecule has 1 fully saturated rings. The van der Waals surface area contributed by atoms with Gasteiger partial charge in [0.1, 0.15) is 5.75 Å². The number of aliphatic hydroxyl groups is 3. The quantitative estimate of drug-likeness (QED) is 0.287. The lowest BCUT2D eigenvalue weighted by Gasteiger charge is -2.36. The van der Waals surface area contributed by atoms with Crippen molar-refractivity contribution in [2.45, 2.75) is 52.1 Å². The highest BCUT2D eigenvalue weighted by Crippen LogP contribution is 2.46. The molecular weight excluding hydrogens is 470 g/mol. The zero-order chi connectivity index (χ0) is 26.7. The number of aliphatic hydroxyl groups excluding tert-OH is 3. The molecule has 198 valence electrons. The summed E-state index contributed by atoms with van der Waals surface area (Å²) in [4.78, 5) is 27.3. The van der Waals surface area contributed by atoms with Gasteiger partial charge in [0, 0.05) is 17.8 Å². The standard InChI is InChI=1S/C30H37NO6/c1-3-13-31-29(36)23-15-20(16-32)27(24(17-33)28(23)30(31)37)26(35)11-9-18(4-2)14-19-10-12-25(34)22-8-6-5-7-21(19)22/h5-8,10,12,14,23-24,26,28,32-35H,3-4,9,11,13,15-17H2,1-2H3/b18-14+/t23-,24+,26-,28-/m1/s1. The average molecular weight is 508 g/mol. The Kier molecular flexibility index (Phi) is 8.47. The predicted molar refractivity (Wildman–Crippen MR) is 142 cm³/mol. The lowest BCUT2D eigenvalue weighted by Crippen LogP contribution is -2.39. The molecule has 4 N–H and O–H groups in total. The predicted octanol–water partition coefficient (Wildman–Crippen LogP) is 3.79. The van der Waals surface area contributed by atoms with Crippen molar-refractivity contribution >= 4 is 28.7 Å². The average Bonchev–Trinajstić information content (AvgIpc) is 3.15. The highest BCUT2D eigenvalue weighted by atomic mass is 16.3. The molecule has 1 heterocycles. The SMILES string of the molecule is CCCN1C(=O)[C@@H]2[C@@H](CC(CO)=C([C@H](O)CC/C(=C/c3ccc(O)c4ccccc34)CC)[C@@H]2CO)C1=O. The molecule has 1 saturated heterocycles. The molecule has 0 spiro atoms. The fourth-order valence-corrected chi connectivity index (χ4v) is 6.10. The van der Waals surface area contributed by atoms with E-state index in [4.69, 9.17) is 0 Å². The molecule has 0 unspecified atom stereocenters. The summed E-state index contributed by atoms with van der Waals surface area (Å²) in [5.41, 5.74) is 3.15. The largest absolute Gasteiger partial charge is 0.507 e. The van der Waals surface area contributed by atoms with Gasteiger partial charge in [0.25, 0.3) is 0 Å². The van der Waals surface area contributed by atoms with E-state index in [-0.39, 0.29) is 37.2 Å². The number of allylic oxidation sites excluding steroid dienone is 1. The second-order valence-electron chi connectivity index (χ2n) is 10.1. The molecule has 2 amide bonds. The Morgan fingerprint density at radius 3 is 2.46 bits per heavy atom. The van der Waals surface area contributed by atoms with Crippen molar-refractivity contribution in [2.75, 3.05) is 19.8 Å². The third-order valence-electron chi connectivity index (χ3n) is 7.96. The molecule has 0 aromatic heterocycles. The lowest BCUT2D eigenvalue weighted by molar-refractivity contribution is -0.140. The van der Waals surface area contributed by atoms with Crippen LogP contribution in [0.15, 0.2) is 53.1 Å². The number of phenolic OH excluding ortho intramolecular Hbond substituents is 1. The molecule has 2 aliphatic rings. The van der Waals surface area contributed by atoms with E-state index < -0.39 is 23.9 Å². The van der Waals surface area contributed by atoms with Gasteiger partial charge >= 0.3 is 0 Å². The summed E-state index contributed by atoms with van der Waals surface area (Å²) in [5, 5.41) is 43.6. The topological polar surface area (TPSA) is 118 Å². The maximum absolute atomic E-state index is 13.1. The highest BCUT2D eigenvalue weighted by Gasteiger charge is 2.54. The highest BCUT2D eigenvalue weighted by molar-refractivity contribution is 6.06. The van der Waals surface area contributed by atoms with Crippen molar-refractivity contribution in [1.29, 1.82) is 0 Å². The summed E-state index contributed by atoms with van der Waals surface area (Å²) in [6.45, 7) is 3.60. The van der Waals surface area contributed by atoms with Crippen molar-refractivity contribution in [3.05, 3.63) is 58.7 Å². The summed E-state index contributed by atoms with van der Waals surface area (Å²) >= 11 is 0. The molecular formula is C30H37NO6. The molecule has 4 atom stereocenters. The van der Waals surface area contributed by atoms with Gasteiger partial charge in [-0.25, -0.2) is 0 Å². The number of amides is 2. The minimum absolute atomic E-state index is 0.227. The number of fused-ring (bicyclic) bond motifs is 2. The Hall–Kier alpha value is -3.00. The minimum atomic E-state index is -0.949. The number of hydrogen-bond donors (Lipinski definition) is 4. The molecule has 2 aromatic rings. The number of hydrogen-bond acceptors (Lipinski definition) is 6. The molecule has 7 heteroatoms. The summed E-state index contributed by atoms with van der Waals surface area (Å²) < 4.78 is 0. The number of phenols is 1. The van der Waals surface area contributed by atoms with Crippen LogP contribution in [0.4, 0.5) is 0 Å². The van der Waals surface area contributed by atoms with E-state index in [1.165, 1.54) is 4.90 Å². The smallest absolute Gasteiger partial charge is 0.233 e. The first-order valence-corrected chi connectivity index (χ1v) is 13.2. The molecule has 7 nitrogen and oxygen atoms in total. The van der Waals surface area contributed by atoms with E-state index in [2.05, 4.69) is 6.08 Å². The number of carbonyl (C=O) groups excluding carboxylic acids is 2. The Morgan fingerprint density at radius 1 is 1.08 bits per heavy atom. The number of aromatic hydroxyl groups is 1. The van der Waals surface area contributed by atoms with E-state index in [9.17, 15) is 30.0 Å². The van der Waals surface area contributed by atoms with Crippen molar-refractivity contribution in [1.82, 2.24) is 4.90 Å². The summed E-state index contributed by atoms with van der Waals surface area (Å²) in [6, 6.07) is 11.2. The van der Waals surface area contributed by atoms with E-state index in [1.807, 2.05) is 44.2 Å². The number of imide groups is 1. The van der Waals surface area contributed by atoms with Crippen LogP contribution in [0.3, 0.4) is 0 Å². The van der Waals surface area contributed by atoms with Gasteiger partial charge in [-0.3, -0.25) is 14.5 Å². The molecule has 1 aliphatic heterocycles. The number of rotatable bonds is 10. The maximum Gasteiger partial charge on any atom is 0.233 e. The molecule has 4 rings (SSSR count). The first-order chi connectivity index (χ1) is 17.9. The number of benzene rings is 2. The zero-order valence-corrected chi connectivity index (χ0v) is 21.6. The van der Waals surface area contributed by atoms with Gasteiger partial charge in [-0.05, 0) is 60.3 Å². The first-order valence-electron chi connectivity index (χ1n) is 13.2. The maximum atomic E-state index is 13.1. The van der Waals surface area contributed by atoms with Gasteiger partial charge in [0.2, 0.25) is 11.8 Å². The van der Waals surface area contributed by atoms with Crippen LogP contribution in [0.2, 0.25) is 0 Å². The fraction of sp³-hybridized carbons (Fsp3) is 0.467. The molecule has 2 aromatic carbocycles. The third kappa shape index (κ3) is 5.08. The Balaban J connectivity index is 1.58. The van der Waals surface area contributed by atoms with Gasteiger partial charge in [-0.2, -0.15) is 0 Å². The Bertz CT molecular complexity index is 1230. The van der Waals surface area contributed by atoms with Crippen molar-refractivity contribution in [3.8, 4) is 5.75 Å². The van der Waals surface area contributed by atoms with Gasteiger partial charge in [-0.15, -0.1) is 0 Å². The van der Waals surface area contributed by atoms with E-state index in [0.29, 0.717) is 37.0 Å². The van der Waals surface area contributed by atoms with Crippen LogP contribution in [0.1, 0.15) is 51.5 Å². The van der Waals surface area contributed by atoms with E-state index in [0.717, 1.165) is 28.3 Å². The summed E-state index contributed by atoms with van der Waals surface area (Å²) in [5.74, 6) is -2.29. The summed E-state index contributed by atoms with van der Waals surface area (Å²) in [6.07, 6.45) is 3.72. The van der Waals surface area contributed by atoms with Crippen LogP contribution < -0.4 is 0 Å². The monoisotopic (exact) mass is 507 g/mol. The van der Waals surface area contributed by atoms with Crippen LogP contribution in [0.25, 0.3) is 16.8 Å². The van der Waals surface area contributed by atoms with E-state index >= 15 is 0 Å². The van der Waals surface area contributed by atoms with Gasteiger partial charge < -0.3 is 20.4 Å². The van der Waals surface area contributed by atoms with Crippen LogP contribution >= 0.6 is 0 Å². The molecule has 1 aliphatic carbocycles. The minimum Gasteiger partial charge on any atom is -0.507 e. The van der Waals surface area contributed by atoms with Crippen molar-refractivity contribution in [2.24, 2.45) is 17.8 Å². The Labute approximate surface area is 217 Å². The number of nitrogens with zero attached hydrogens (tertiary/aromatic N) is 1. The van der Waals surface area contributed by atoms with Gasteiger partial charge in [0.05, 0.1) is 31.2 Å². The van der Waals surface area contributed by atoms with Gasteiger partial charge in [0.15, 0.2) is 0 Å². The van der Waals surface area contributed by atoms with Crippen molar-refractivity contribution in [3.63, 3.8) is 0 Å². The second-order valence-corrected chi connectivity index (χ2v) is 10.1. The lowest BCUT2D eigenvalue weighted by atomic mass is 9.68. The number of carbonyl (C=O) groups is 2. The van der Waals surface area contributed by atoms with Crippen molar-refractivity contribution < 1.29 is 30.0 Å². The molecule has 37 heavy (non-hydrogen) atoms. The third-order valence-corrected chi connectivity index (χ3v) is 7.96. The number of likely N-dealkylation sites (tertiary alicyclic amines) is 1. The Morgan fingerprint density at radius 2 is 1.81 bits per heavy atom. The van der Waals surface area contributed by atoms with Crippen LogP contribution in [-0.4, -0.2) is 63.0 Å². The molecule has 0 saturated carbocycles. The zero-order valence-electron chi connectivity index (χ0n) is 21.6. The summed E-state index contributed by atoms with van der Waals surface area (Å²) in [7, 11) is 0. The van der Waals surface area contributed by atoms with Gasteiger partial charge in [-0.1, -0.05) is 55.8 Å². The second kappa shape index (κ2) is 11.6. The molecule has 0 radical (unpaired) electrons. The van der Waals surface area contributed by atoms with Crippen LogP contribution in [-0.2, 0) is 9.59 Å². The van der Waals surface area contributed by atoms with Crippen LogP contribution in [0, 0.1) is 17.8 Å². The van der Waals surface area contributed by atoms with Crippen LogP contribution in [0.5, 0.6) is 5.75 Å². The fourth-order valence-electron chi connectivity index (χ4n) is 6.10. The molecule has 0 bridgehead atoms.